The van der Waals surface area contributed by atoms with Crippen LogP contribution in [0, 0.1) is 0 Å². The SMILES string of the molecule is CC1NC(=S)N(Cc2ccc(-c3ccc4c(c3)CCO4)cc2)C1=O. The van der Waals surface area contributed by atoms with E-state index in [0.29, 0.717) is 11.7 Å². The van der Waals surface area contributed by atoms with E-state index in [1.165, 1.54) is 11.1 Å². The van der Waals surface area contributed by atoms with Crippen molar-refractivity contribution in [2.75, 3.05) is 6.61 Å². The lowest BCUT2D eigenvalue weighted by atomic mass is 10.0. The van der Waals surface area contributed by atoms with Gasteiger partial charge in [0.2, 0.25) is 0 Å². The molecule has 0 spiro atoms. The molecule has 2 aliphatic heterocycles. The van der Waals surface area contributed by atoms with E-state index in [-0.39, 0.29) is 11.9 Å². The fourth-order valence-electron chi connectivity index (χ4n) is 3.16. The normalized spacial score (nSPS) is 19.2. The maximum absolute atomic E-state index is 12.1. The van der Waals surface area contributed by atoms with Crippen LogP contribution in [0.25, 0.3) is 11.1 Å². The van der Waals surface area contributed by atoms with Crippen molar-refractivity contribution < 1.29 is 9.53 Å². The predicted octanol–water partition coefficient (Wildman–Crippen LogP) is 2.89. The fourth-order valence-corrected chi connectivity index (χ4v) is 3.49. The highest BCUT2D eigenvalue weighted by molar-refractivity contribution is 7.80. The number of rotatable bonds is 3. The lowest BCUT2D eigenvalue weighted by molar-refractivity contribution is -0.127. The molecule has 4 nitrogen and oxygen atoms in total. The topological polar surface area (TPSA) is 41.6 Å². The van der Waals surface area contributed by atoms with Gasteiger partial charge in [0.1, 0.15) is 11.8 Å². The van der Waals surface area contributed by atoms with E-state index < -0.39 is 0 Å². The Bertz CT molecular complexity index is 817. The molecular formula is C19H18N2O2S. The zero-order chi connectivity index (χ0) is 16.7. The number of hydrogen-bond donors (Lipinski definition) is 1. The second kappa shape index (κ2) is 5.91. The Kier molecular flexibility index (Phi) is 3.73. The van der Waals surface area contributed by atoms with Gasteiger partial charge in [0, 0.05) is 6.42 Å². The molecule has 5 heteroatoms. The number of nitrogens with one attached hydrogen (secondary N) is 1. The second-order valence-corrected chi connectivity index (χ2v) is 6.60. The Morgan fingerprint density at radius 1 is 1.21 bits per heavy atom. The van der Waals surface area contributed by atoms with Gasteiger partial charge >= 0.3 is 0 Å². The molecule has 0 aromatic heterocycles. The van der Waals surface area contributed by atoms with E-state index in [1.807, 2.05) is 13.0 Å². The van der Waals surface area contributed by atoms with Crippen LogP contribution >= 0.6 is 12.2 Å². The number of thiocarbonyl (C=S) groups is 1. The molecule has 1 N–H and O–H groups in total. The van der Waals surface area contributed by atoms with Crippen molar-refractivity contribution in [3.05, 3.63) is 53.6 Å². The first kappa shape index (κ1) is 15.1. The summed E-state index contributed by atoms with van der Waals surface area (Å²) < 4.78 is 5.56. The van der Waals surface area contributed by atoms with E-state index in [9.17, 15) is 4.79 Å². The van der Waals surface area contributed by atoms with Gasteiger partial charge in [0.15, 0.2) is 5.11 Å². The molecule has 1 unspecified atom stereocenters. The highest BCUT2D eigenvalue weighted by Crippen LogP contribution is 2.30. The van der Waals surface area contributed by atoms with Crippen molar-refractivity contribution in [2.24, 2.45) is 0 Å². The summed E-state index contributed by atoms with van der Waals surface area (Å²) in [5.74, 6) is 1.03. The van der Waals surface area contributed by atoms with Gasteiger partial charge in [-0.25, -0.2) is 0 Å². The van der Waals surface area contributed by atoms with Crippen molar-refractivity contribution in [1.82, 2.24) is 10.2 Å². The van der Waals surface area contributed by atoms with Crippen LogP contribution in [0.1, 0.15) is 18.1 Å². The van der Waals surface area contributed by atoms with E-state index in [4.69, 9.17) is 17.0 Å². The number of carbonyl (C=O) groups is 1. The van der Waals surface area contributed by atoms with Crippen molar-refractivity contribution in [3.63, 3.8) is 0 Å². The van der Waals surface area contributed by atoms with Crippen LogP contribution in [0.5, 0.6) is 5.75 Å². The Hall–Kier alpha value is -2.40. The molecule has 1 amide bonds. The summed E-state index contributed by atoms with van der Waals surface area (Å²) in [5, 5.41) is 3.50. The molecule has 0 aliphatic carbocycles. The molecule has 2 heterocycles. The summed E-state index contributed by atoms with van der Waals surface area (Å²) in [6, 6.07) is 14.4. The summed E-state index contributed by atoms with van der Waals surface area (Å²) in [4.78, 5) is 13.7. The average Bonchev–Trinajstić information content (AvgIpc) is 3.15. The molecule has 1 saturated heterocycles. The fraction of sp³-hybridized carbons (Fsp3) is 0.263. The zero-order valence-electron chi connectivity index (χ0n) is 13.4. The summed E-state index contributed by atoms with van der Waals surface area (Å²) in [5.41, 5.74) is 4.68. The van der Waals surface area contributed by atoms with Gasteiger partial charge in [0.05, 0.1) is 13.2 Å². The number of nitrogens with zero attached hydrogens (tertiary/aromatic N) is 1. The second-order valence-electron chi connectivity index (χ2n) is 6.21. The van der Waals surface area contributed by atoms with Crippen LogP contribution in [-0.4, -0.2) is 28.6 Å². The highest BCUT2D eigenvalue weighted by Gasteiger charge is 2.31. The smallest absolute Gasteiger partial charge is 0.251 e. The molecule has 122 valence electrons. The quantitative estimate of drug-likeness (QED) is 0.874. The Morgan fingerprint density at radius 2 is 1.96 bits per heavy atom. The first-order valence-electron chi connectivity index (χ1n) is 8.09. The third kappa shape index (κ3) is 2.65. The lowest BCUT2D eigenvalue weighted by Gasteiger charge is -2.15. The monoisotopic (exact) mass is 338 g/mol. The molecular weight excluding hydrogens is 320 g/mol. The van der Waals surface area contributed by atoms with Crippen molar-refractivity contribution >= 4 is 23.2 Å². The third-order valence-corrected chi connectivity index (χ3v) is 4.88. The van der Waals surface area contributed by atoms with Gasteiger partial charge < -0.3 is 10.1 Å². The van der Waals surface area contributed by atoms with Crippen LogP contribution in [0.4, 0.5) is 0 Å². The molecule has 1 atom stereocenters. The standard InChI is InChI=1S/C19H18N2O2S/c1-12-18(22)21(19(24)20-12)11-13-2-4-14(5-3-13)15-6-7-17-16(10-15)8-9-23-17/h2-7,10,12H,8-9,11H2,1H3,(H,20,24). The third-order valence-electron chi connectivity index (χ3n) is 4.54. The molecule has 24 heavy (non-hydrogen) atoms. The van der Waals surface area contributed by atoms with E-state index in [1.54, 1.807) is 4.90 Å². The first-order valence-corrected chi connectivity index (χ1v) is 8.49. The van der Waals surface area contributed by atoms with Crippen LogP contribution in [0.15, 0.2) is 42.5 Å². The van der Waals surface area contributed by atoms with E-state index in [2.05, 4.69) is 41.7 Å². The molecule has 1 fully saturated rings. The van der Waals surface area contributed by atoms with E-state index >= 15 is 0 Å². The summed E-state index contributed by atoms with van der Waals surface area (Å²) in [6.07, 6.45) is 0.973. The first-order chi connectivity index (χ1) is 11.6. The van der Waals surface area contributed by atoms with Crippen LogP contribution in [-0.2, 0) is 17.8 Å². The van der Waals surface area contributed by atoms with Crippen molar-refractivity contribution in [3.8, 4) is 16.9 Å². The lowest BCUT2D eigenvalue weighted by Crippen LogP contribution is -2.30. The maximum Gasteiger partial charge on any atom is 0.251 e. The van der Waals surface area contributed by atoms with Gasteiger partial charge in [-0.2, -0.15) is 0 Å². The number of hydrogen-bond acceptors (Lipinski definition) is 3. The summed E-state index contributed by atoms with van der Waals surface area (Å²) in [7, 11) is 0. The Morgan fingerprint density at radius 3 is 2.67 bits per heavy atom. The number of carbonyl (C=O) groups excluding carboxylic acids is 1. The van der Waals surface area contributed by atoms with Gasteiger partial charge in [0.25, 0.3) is 5.91 Å². The number of benzene rings is 2. The summed E-state index contributed by atoms with van der Waals surface area (Å²) >= 11 is 5.22. The predicted molar refractivity (Wildman–Crippen MR) is 96.8 cm³/mol. The minimum Gasteiger partial charge on any atom is -0.493 e. The highest BCUT2D eigenvalue weighted by atomic mass is 32.1. The van der Waals surface area contributed by atoms with Crippen LogP contribution in [0.3, 0.4) is 0 Å². The molecule has 2 aromatic carbocycles. The van der Waals surface area contributed by atoms with Crippen molar-refractivity contribution in [1.29, 1.82) is 0 Å². The molecule has 0 bridgehead atoms. The van der Waals surface area contributed by atoms with Gasteiger partial charge in [-0.05, 0) is 53.5 Å². The molecule has 2 aliphatic rings. The van der Waals surface area contributed by atoms with E-state index in [0.717, 1.165) is 29.9 Å². The number of amides is 1. The minimum absolute atomic E-state index is 0.0303. The molecule has 4 rings (SSSR count). The molecule has 0 radical (unpaired) electrons. The van der Waals surface area contributed by atoms with Crippen LogP contribution in [0.2, 0.25) is 0 Å². The largest absolute Gasteiger partial charge is 0.493 e. The summed E-state index contributed by atoms with van der Waals surface area (Å²) in [6.45, 7) is 3.11. The molecule has 2 aromatic rings. The van der Waals surface area contributed by atoms with Gasteiger partial charge in [-0.1, -0.05) is 30.3 Å². The van der Waals surface area contributed by atoms with Gasteiger partial charge in [-0.15, -0.1) is 0 Å². The Balaban J connectivity index is 1.53. The molecule has 0 saturated carbocycles. The Labute approximate surface area is 146 Å². The van der Waals surface area contributed by atoms with Crippen LogP contribution < -0.4 is 10.1 Å². The number of fused-ring (bicyclic) bond motifs is 1. The van der Waals surface area contributed by atoms with Gasteiger partial charge in [-0.3, -0.25) is 9.69 Å². The maximum atomic E-state index is 12.1. The average molecular weight is 338 g/mol. The zero-order valence-corrected chi connectivity index (χ0v) is 14.2. The minimum atomic E-state index is -0.231. The van der Waals surface area contributed by atoms with Crippen molar-refractivity contribution in [2.45, 2.75) is 25.9 Å². The number of ether oxygens (including phenoxy) is 1.